The molecule has 0 saturated carbocycles. The second-order valence-electron chi connectivity index (χ2n) is 2.22. The van der Waals surface area contributed by atoms with Gasteiger partial charge in [-0.05, 0) is 23.6 Å². The van der Waals surface area contributed by atoms with Gasteiger partial charge in [0.25, 0.3) is 0 Å². The molecule has 0 spiro atoms. The van der Waals surface area contributed by atoms with E-state index in [4.69, 9.17) is 0 Å². The first-order valence-corrected chi connectivity index (χ1v) is 4.41. The summed E-state index contributed by atoms with van der Waals surface area (Å²) >= 11 is 1.70. The Morgan fingerprint density at radius 2 is 2.42 bits per heavy atom. The molecular formula is C8H7N3S. The van der Waals surface area contributed by atoms with Gasteiger partial charge >= 0.3 is 0 Å². The summed E-state index contributed by atoms with van der Waals surface area (Å²) in [7, 11) is 0. The molecule has 0 radical (unpaired) electrons. The highest BCUT2D eigenvalue weighted by molar-refractivity contribution is 7.10. The van der Waals surface area contributed by atoms with Gasteiger partial charge in [0.2, 0.25) is 0 Å². The Hall–Kier alpha value is -1.42. The molecule has 0 unspecified atom stereocenters. The molecule has 0 aliphatic rings. The molecule has 2 rings (SSSR count). The number of rotatable bonds is 2. The van der Waals surface area contributed by atoms with Crippen LogP contribution in [0.3, 0.4) is 0 Å². The highest BCUT2D eigenvalue weighted by atomic mass is 32.1. The summed E-state index contributed by atoms with van der Waals surface area (Å²) in [5.41, 5.74) is 0. The van der Waals surface area contributed by atoms with Crippen LogP contribution in [-0.2, 0) is 0 Å². The van der Waals surface area contributed by atoms with Gasteiger partial charge in [-0.1, -0.05) is 6.07 Å². The van der Waals surface area contributed by atoms with Gasteiger partial charge in [-0.3, -0.25) is 0 Å². The molecule has 0 fully saturated rings. The second-order valence-corrected chi connectivity index (χ2v) is 3.20. The summed E-state index contributed by atoms with van der Waals surface area (Å²) in [5, 5.41) is 9.54. The van der Waals surface area contributed by atoms with E-state index >= 15 is 0 Å². The number of nitrogens with zero attached hydrogens (tertiary/aromatic N) is 2. The number of aromatic nitrogens is 3. The Balaban J connectivity index is 2.14. The molecule has 2 aromatic rings. The predicted octanol–water partition coefficient (Wildman–Crippen LogP) is 2.04. The van der Waals surface area contributed by atoms with E-state index in [0.29, 0.717) is 0 Å². The van der Waals surface area contributed by atoms with Gasteiger partial charge in [-0.2, -0.15) is 0 Å². The van der Waals surface area contributed by atoms with Crippen molar-refractivity contribution < 1.29 is 0 Å². The molecule has 4 heteroatoms. The van der Waals surface area contributed by atoms with Crippen molar-refractivity contribution >= 4 is 23.5 Å². The van der Waals surface area contributed by atoms with Gasteiger partial charge in [-0.25, -0.2) is 0 Å². The fraction of sp³-hybridized carbons (Fsp3) is 0. The Kier molecular flexibility index (Phi) is 2.00. The summed E-state index contributed by atoms with van der Waals surface area (Å²) in [6.07, 6.45) is 5.47. The van der Waals surface area contributed by atoms with Crippen molar-refractivity contribution in [1.82, 2.24) is 15.2 Å². The highest BCUT2D eigenvalue weighted by Crippen LogP contribution is 2.11. The summed E-state index contributed by atoms with van der Waals surface area (Å²) in [6, 6.07) is 4.07. The summed E-state index contributed by atoms with van der Waals surface area (Å²) in [6.45, 7) is 0. The topological polar surface area (TPSA) is 41.6 Å². The molecule has 60 valence electrons. The number of hydrogen-bond donors (Lipinski definition) is 1. The first kappa shape index (κ1) is 7.24. The Labute approximate surface area is 73.8 Å². The second kappa shape index (κ2) is 3.32. The van der Waals surface area contributed by atoms with Gasteiger partial charge in [0.1, 0.15) is 6.33 Å². The van der Waals surface area contributed by atoms with Crippen LogP contribution in [0, 0.1) is 0 Å². The predicted molar refractivity (Wildman–Crippen MR) is 49.6 cm³/mol. The summed E-state index contributed by atoms with van der Waals surface area (Å²) in [5.74, 6) is 0.781. The highest BCUT2D eigenvalue weighted by Gasteiger charge is 1.88. The van der Waals surface area contributed by atoms with Crippen LogP contribution in [0.4, 0.5) is 0 Å². The lowest BCUT2D eigenvalue weighted by atomic mass is 10.4. The SMILES string of the molecule is C(=Cc1cccs1)c1nnc[nH]1. The zero-order valence-electron chi connectivity index (χ0n) is 6.27. The fourth-order valence-electron chi connectivity index (χ4n) is 0.844. The molecule has 0 aliphatic carbocycles. The normalized spacial score (nSPS) is 11.0. The third-order valence-corrected chi connectivity index (χ3v) is 2.22. The minimum Gasteiger partial charge on any atom is -0.328 e. The van der Waals surface area contributed by atoms with Crippen LogP contribution in [0.5, 0.6) is 0 Å². The molecule has 0 amide bonds. The van der Waals surface area contributed by atoms with E-state index in [9.17, 15) is 0 Å². The van der Waals surface area contributed by atoms with Crippen molar-refractivity contribution in [1.29, 1.82) is 0 Å². The molecule has 0 aliphatic heterocycles. The maximum atomic E-state index is 3.83. The number of thiophene rings is 1. The van der Waals surface area contributed by atoms with Crippen LogP contribution in [0.25, 0.3) is 12.2 Å². The van der Waals surface area contributed by atoms with E-state index in [1.807, 2.05) is 23.6 Å². The largest absolute Gasteiger partial charge is 0.328 e. The van der Waals surface area contributed by atoms with Crippen molar-refractivity contribution in [3.63, 3.8) is 0 Å². The van der Waals surface area contributed by atoms with Gasteiger partial charge < -0.3 is 4.98 Å². The van der Waals surface area contributed by atoms with Crippen LogP contribution in [0.15, 0.2) is 23.8 Å². The smallest absolute Gasteiger partial charge is 0.153 e. The number of hydrogen-bond acceptors (Lipinski definition) is 3. The van der Waals surface area contributed by atoms with Crippen LogP contribution < -0.4 is 0 Å². The van der Waals surface area contributed by atoms with Gasteiger partial charge in [0.15, 0.2) is 5.82 Å². The molecule has 0 saturated heterocycles. The third kappa shape index (κ3) is 1.60. The van der Waals surface area contributed by atoms with Crippen molar-refractivity contribution in [2.75, 3.05) is 0 Å². The average Bonchev–Trinajstić information content (AvgIpc) is 2.74. The Bertz CT molecular complexity index is 311. The summed E-state index contributed by atoms with van der Waals surface area (Å²) in [4.78, 5) is 4.11. The standard InChI is InChI=1S/C8H7N3S/c1-2-7(12-5-1)3-4-8-9-6-10-11-8/h1-6H,(H,9,10,11). The monoisotopic (exact) mass is 177 g/mol. The minimum absolute atomic E-state index is 0.781. The lowest BCUT2D eigenvalue weighted by Gasteiger charge is -1.81. The maximum Gasteiger partial charge on any atom is 0.153 e. The van der Waals surface area contributed by atoms with Crippen LogP contribution >= 0.6 is 11.3 Å². The van der Waals surface area contributed by atoms with Crippen LogP contribution in [0.1, 0.15) is 10.7 Å². The van der Waals surface area contributed by atoms with Crippen LogP contribution in [-0.4, -0.2) is 15.2 Å². The van der Waals surface area contributed by atoms with E-state index in [0.717, 1.165) is 5.82 Å². The lowest BCUT2D eigenvalue weighted by molar-refractivity contribution is 1.08. The van der Waals surface area contributed by atoms with E-state index in [-0.39, 0.29) is 0 Å². The molecule has 12 heavy (non-hydrogen) atoms. The molecule has 0 bridgehead atoms. The zero-order valence-corrected chi connectivity index (χ0v) is 7.08. The fourth-order valence-corrected chi connectivity index (χ4v) is 1.46. The van der Waals surface area contributed by atoms with Crippen molar-refractivity contribution in [2.45, 2.75) is 0 Å². The molecule has 3 nitrogen and oxygen atoms in total. The third-order valence-electron chi connectivity index (χ3n) is 1.38. The van der Waals surface area contributed by atoms with E-state index < -0.39 is 0 Å². The molecule has 0 atom stereocenters. The van der Waals surface area contributed by atoms with Gasteiger partial charge in [0.05, 0.1) is 0 Å². The average molecular weight is 177 g/mol. The van der Waals surface area contributed by atoms with Crippen LogP contribution in [0.2, 0.25) is 0 Å². The van der Waals surface area contributed by atoms with Crippen molar-refractivity contribution in [3.05, 3.63) is 34.5 Å². The molecule has 0 aromatic carbocycles. The number of H-pyrrole nitrogens is 1. The zero-order chi connectivity index (χ0) is 8.23. The van der Waals surface area contributed by atoms with Gasteiger partial charge in [-0.15, -0.1) is 21.5 Å². The van der Waals surface area contributed by atoms with Crippen molar-refractivity contribution in [3.8, 4) is 0 Å². The van der Waals surface area contributed by atoms with E-state index in [2.05, 4.69) is 21.2 Å². The molecule has 1 N–H and O–H groups in total. The Morgan fingerprint density at radius 1 is 1.42 bits per heavy atom. The minimum atomic E-state index is 0.781. The maximum absolute atomic E-state index is 3.83. The quantitative estimate of drug-likeness (QED) is 0.762. The molecule has 2 aromatic heterocycles. The van der Waals surface area contributed by atoms with E-state index in [1.165, 1.54) is 4.88 Å². The van der Waals surface area contributed by atoms with E-state index in [1.54, 1.807) is 17.7 Å². The van der Waals surface area contributed by atoms with Gasteiger partial charge in [0, 0.05) is 4.88 Å². The number of nitrogens with one attached hydrogen (secondary N) is 1. The lowest BCUT2D eigenvalue weighted by Crippen LogP contribution is -1.72. The first-order valence-electron chi connectivity index (χ1n) is 3.53. The summed E-state index contributed by atoms with van der Waals surface area (Å²) < 4.78 is 0. The molecular weight excluding hydrogens is 170 g/mol. The number of aromatic amines is 1. The first-order chi connectivity index (χ1) is 5.95. The van der Waals surface area contributed by atoms with Crippen molar-refractivity contribution in [2.24, 2.45) is 0 Å². The molecule has 2 heterocycles. The Morgan fingerprint density at radius 3 is 3.08 bits per heavy atom.